The van der Waals surface area contributed by atoms with Gasteiger partial charge in [0.2, 0.25) is 5.91 Å². The maximum Gasteiger partial charge on any atom is 0.219 e. The second-order valence-electron chi connectivity index (χ2n) is 10.2. The van der Waals surface area contributed by atoms with Crippen molar-refractivity contribution < 1.29 is 9.59 Å². The highest BCUT2D eigenvalue weighted by molar-refractivity contribution is 6.01. The molecule has 1 N–H and O–H groups in total. The Morgan fingerprint density at radius 2 is 2.03 bits per heavy atom. The summed E-state index contributed by atoms with van der Waals surface area (Å²) < 4.78 is 0. The zero-order chi connectivity index (χ0) is 22.0. The van der Waals surface area contributed by atoms with Crippen molar-refractivity contribution in [1.29, 1.82) is 0 Å². The fourth-order valence-electron chi connectivity index (χ4n) is 5.89. The molecule has 1 amide bonds. The lowest BCUT2D eigenvalue weighted by atomic mass is 9.58. The molecule has 1 aromatic rings. The van der Waals surface area contributed by atoms with Gasteiger partial charge in [0.1, 0.15) is 0 Å². The molecule has 0 bridgehead atoms. The van der Waals surface area contributed by atoms with Gasteiger partial charge in [-0.2, -0.15) is 10.2 Å². The highest BCUT2D eigenvalue weighted by Crippen LogP contribution is 2.54. The average molecular weight is 419 g/mol. The molecule has 1 aromatic carbocycles. The number of benzene rings is 1. The van der Waals surface area contributed by atoms with E-state index in [1.165, 1.54) is 5.56 Å². The fraction of sp³-hybridized carbons (Fsp3) is 0.520. The quantitative estimate of drug-likeness (QED) is 0.799. The summed E-state index contributed by atoms with van der Waals surface area (Å²) in [5, 5.41) is 12.2. The zero-order valence-electron chi connectivity index (χ0n) is 18.7. The molecular weight excluding hydrogens is 388 g/mol. The molecule has 31 heavy (non-hydrogen) atoms. The molecule has 4 aliphatic rings. The van der Waals surface area contributed by atoms with Gasteiger partial charge in [-0.25, -0.2) is 0 Å². The van der Waals surface area contributed by atoms with E-state index in [4.69, 9.17) is 0 Å². The number of allylic oxidation sites excluding steroid dienone is 2. The lowest BCUT2D eigenvalue weighted by Gasteiger charge is -2.48. The van der Waals surface area contributed by atoms with E-state index in [-0.39, 0.29) is 23.3 Å². The van der Waals surface area contributed by atoms with Crippen LogP contribution in [0.3, 0.4) is 0 Å². The van der Waals surface area contributed by atoms with Crippen molar-refractivity contribution in [1.82, 2.24) is 10.2 Å². The van der Waals surface area contributed by atoms with E-state index in [1.54, 1.807) is 6.92 Å². The van der Waals surface area contributed by atoms with Crippen LogP contribution in [0.15, 0.2) is 57.5 Å². The maximum atomic E-state index is 13.6. The normalized spacial score (nSPS) is 29.2. The standard InChI is InChI=1S/C25H30N4O2/c1-5-25(18-8-6-7-16(9-18)17-13-29(14-17)15(2)30)19-12-26-28-23(19)27-20-10-24(3,4)11-21(31)22(20)25/h6-9,12,17,23,27H,5,10-11,13-14H2,1-4H3/t23?,25-/m1/s1. The number of likely N-dealkylation sites (tertiary alicyclic amines) is 1. The molecule has 0 spiro atoms. The SMILES string of the molecule is CC[C@@]1(c2cccc(C3CN(C(C)=O)C3)c2)C2=CN=NC2NC2=C1C(=O)CC(C)(C)C2. The smallest absolute Gasteiger partial charge is 0.219 e. The van der Waals surface area contributed by atoms with Crippen LogP contribution in [0.1, 0.15) is 64.0 Å². The largest absolute Gasteiger partial charge is 0.362 e. The van der Waals surface area contributed by atoms with Crippen molar-refractivity contribution >= 4 is 11.7 Å². The van der Waals surface area contributed by atoms with E-state index in [9.17, 15) is 9.59 Å². The molecule has 1 aliphatic carbocycles. The lowest BCUT2D eigenvalue weighted by molar-refractivity contribution is -0.133. The van der Waals surface area contributed by atoms with E-state index in [1.807, 2.05) is 11.1 Å². The Kier molecular flexibility index (Phi) is 4.47. The number of carbonyl (C=O) groups is 2. The van der Waals surface area contributed by atoms with Crippen LogP contribution in [0.25, 0.3) is 0 Å². The van der Waals surface area contributed by atoms with Crippen LogP contribution >= 0.6 is 0 Å². The van der Waals surface area contributed by atoms with Crippen LogP contribution in [0.4, 0.5) is 0 Å². The minimum absolute atomic E-state index is 0.0662. The van der Waals surface area contributed by atoms with Gasteiger partial charge in [0.05, 0.1) is 11.6 Å². The predicted octanol–water partition coefficient (Wildman–Crippen LogP) is 4.20. The first-order chi connectivity index (χ1) is 14.7. The van der Waals surface area contributed by atoms with E-state index in [0.29, 0.717) is 12.3 Å². The summed E-state index contributed by atoms with van der Waals surface area (Å²) in [5.41, 5.74) is 4.79. The van der Waals surface area contributed by atoms with Crippen LogP contribution in [0.5, 0.6) is 0 Å². The van der Waals surface area contributed by atoms with Crippen LogP contribution in [0.2, 0.25) is 0 Å². The molecule has 2 atom stereocenters. The van der Waals surface area contributed by atoms with Crippen LogP contribution < -0.4 is 5.32 Å². The van der Waals surface area contributed by atoms with Crippen molar-refractivity contribution in [2.24, 2.45) is 15.6 Å². The van der Waals surface area contributed by atoms with Crippen LogP contribution in [-0.2, 0) is 15.0 Å². The van der Waals surface area contributed by atoms with E-state index >= 15 is 0 Å². The Bertz CT molecular complexity index is 1060. The number of Topliss-reactive ketones (excluding diaryl/α,β-unsaturated/α-hetero) is 1. The summed E-state index contributed by atoms with van der Waals surface area (Å²) in [6.45, 7) is 9.62. The van der Waals surface area contributed by atoms with Gasteiger partial charge in [0.15, 0.2) is 11.9 Å². The Balaban J connectivity index is 1.62. The molecule has 0 saturated carbocycles. The second kappa shape index (κ2) is 6.87. The Labute approximate surface area is 183 Å². The minimum Gasteiger partial charge on any atom is -0.362 e. The van der Waals surface area contributed by atoms with Gasteiger partial charge in [-0.05, 0) is 29.4 Å². The van der Waals surface area contributed by atoms with Crippen molar-refractivity contribution in [3.63, 3.8) is 0 Å². The number of rotatable bonds is 3. The number of hydrogen-bond acceptors (Lipinski definition) is 5. The van der Waals surface area contributed by atoms with Gasteiger partial charge in [-0.15, -0.1) is 0 Å². The molecule has 5 rings (SSSR count). The summed E-state index contributed by atoms with van der Waals surface area (Å²) in [6.07, 6.45) is 3.81. The molecule has 1 saturated heterocycles. The van der Waals surface area contributed by atoms with Gasteiger partial charge >= 0.3 is 0 Å². The van der Waals surface area contributed by atoms with Crippen molar-refractivity contribution in [3.8, 4) is 0 Å². The van der Waals surface area contributed by atoms with Gasteiger partial charge in [-0.3, -0.25) is 9.59 Å². The molecule has 1 unspecified atom stereocenters. The first kappa shape index (κ1) is 20.2. The number of ketones is 1. The number of carbonyl (C=O) groups excluding carboxylic acids is 2. The monoisotopic (exact) mass is 418 g/mol. The van der Waals surface area contributed by atoms with Crippen LogP contribution in [0, 0.1) is 5.41 Å². The molecule has 6 heteroatoms. The van der Waals surface area contributed by atoms with E-state index < -0.39 is 5.41 Å². The Morgan fingerprint density at radius 3 is 2.74 bits per heavy atom. The van der Waals surface area contributed by atoms with Gasteiger partial charge in [0.25, 0.3) is 0 Å². The van der Waals surface area contributed by atoms with Crippen molar-refractivity contribution in [3.05, 3.63) is 58.4 Å². The molecule has 3 aliphatic heterocycles. The zero-order valence-corrected chi connectivity index (χ0v) is 18.7. The van der Waals surface area contributed by atoms with E-state index in [2.05, 4.69) is 60.6 Å². The second-order valence-corrected chi connectivity index (χ2v) is 10.2. The van der Waals surface area contributed by atoms with Gasteiger partial charge < -0.3 is 10.2 Å². The molecule has 3 heterocycles. The summed E-state index contributed by atoms with van der Waals surface area (Å²) >= 11 is 0. The summed E-state index contributed by atoms with van der Waals surface area (Å²) in [6, 6.07) is 8.64. The average Bonchev–Trinajstić information content (AvgIpc) is 3.12. The molecule has 6 nitrogen and oxygen atoms in total. The molecule has 0 radical (unpaired) electrons. The topological polar surface area (TPSA) is 74.1 Å². The lowest BCUT2D eigenvalue weighted by Crippen LogP contribution is -2.51. The first-order valence-corrected chi connectivity index (χ1v) is 11.2. The highest BCUT2D eigenvalue weighted by atomic mass is 16.2. The third kappa shape index (κ3) is 2.99. The predicted molar refractivity (Wildman–Crippen MR) is 118 cm³/mol. The number of fused-ring (bicyclic) bond motifs is 1. The van der Waals surface area contributed by atoms with Crippen molar-refractivity contribution in [2.75, 3.05) is 13.1 Å². The van der Waals surface area contributed by atoms with Crippen LogP contribution in [-0.4, -0.2) is 35.8 Å². The first-order valence-electron chi connectivity index (χ1n) is 11.2. The van der Waals surface area contributed by atoms with Crippen molar-refractivity contribution in [2.45, 2.75) is 64.5 Å². The van der Waals surface area contributed by atoms with Gasteiger partial charge in [0, 0.05) is 49.2 Å². The summed E-state index contributed by atoms with van der Waals surface area (Å²) in [7, 11) is 0. The molecular formula is C25H30N4O2. The number of azo groups is 1. The Hall–Kier alpha value is -2.76. The summed E-state index contributed by atoms with van der Waals surface area (Å²) in [4.78, 5) is 27.1. The van der Waals surface area contributed by atoms with Gasteiger partial charge in [-0.1, -0.05) is 45.0 Å². The number of nitrogens with zero attached hydrogens (tertiary/aromatic N) is 3. The summed E-state index contributed by atoms with van der Waals surface area (Å²) in [5.74, 6) is 0.698. The molecule has 1 fully saturated rings. The maximum absolute atomic E-state index is 13.6. The number of nitrogens with one attached hydrogen (secondary N) is 1. The molecule has 0 aromatic heterocycles. The molecule has 162 valence electrons. The third-order valence-corrected chi connectivity index (χ3v) is 7.49. The third-order valence-electron chi connectivity index (χ3n) is 7.49. The minimum atomic E-state index is -0.512. The number of amides is 1. The highest BCUT2D eigenvalue weighted by Gasteiger charge is 2.53. The fourth-order valence-corrected chi connectivity index (χ4v) is 5.89. The van der Waals surface area contributed by atoms with E-state index in [0.717, 1.165) is 48.3 Å². The number of hydrogen-bond donors (Lipinski definition) is 1. The Morgan fingerprint density at radius 1 is 1.26 bits per heavy atom.